The summed E-state index contributed by atoms with van der Waals surface area (Å²) in [6.45, 7) is 0. The Morgan fingerprint density at radius 3 is 1.86 bits per heavy atom. The molecule has 252 valence electrons. The van der Waals surface area contributed by atoms with Gasteiger partial charge < -0.3 is 34.5 Å². The van der Waals surface area contributed by atoms with Crippen molar-refractivity contribution in [1.29, 1.82) is 0 Å². The Labute approximate surface area is 283 Å². The number of rotatable bonds is 11. The van der Waals surface area contributed by atoms with Crippen LogP contribution >= 0.6 is 0 Å². The maximum absolute atomic E-state index is 14.1. The molecule has 5 atom stereocenters. The van der Waals surface area contributed by atoms with E-state index in [1.807, 2.05) is 78.9 Å². The third-order valence-electron chi connectivity index (χ3n) is 8.94. The van der Waals surface area contributed by atoms with Crippen LogP contribution in [-0.4, -0.2) is 66.4 Å². The van der Waals surface area contributed by atoms with E-state index < -0.39 is 47.7 Å². The SMILES string of the molecule is COc1ccc(C(c2ccccc2)(c2ccc(OC)cc2)C(OC(=O)c2ccccc2)[C@H]2O[C@@H](n3ccc(N)nc3=O)[C@H](OC)[C@@H]2O)cc1. The van der Waals surface area contributed by atoms with Gasteiger partial charge in [-0.25, -0.2) is 9.59 Å². The minimum atomic E-state index is -1.40. The van der Waals surface area contributed by atoms with E-state index in [-0.39, 0.29) is 5.82 Å². The molecule has 11 nitrogen and oxygen atoms in total. The van der Waals surface area contributed by atoms with Gasteiger partial charge in [-0.15, -0.1) is 0 Å². The van der Waals surface area contributed by atoms with Gasteiger partial charge in [0.1, 0.15) is 41.7 Å². The predicted octanol–water partition coefficient (Wildman–Crippen LogP) is 4.38. The van der Waals surface area contributed by atoms with Crippen molar-refractivity contribution in [1.82, 2.24) is 9.55 Å². The second kappa shape index (κ2) is 14.3. The van der Waals surface area contributed by atoms with Crippen LogP contribution in [0.15, 0.2) is 126 Å². The summed E-state index contributed by atoms with van der Waals surface area (Å²) in [7, 11) is 4.56. The number of carbonyl (C=O) groups excluding carboxylic acids is 1. The van der Waals surface area contributed by atoms with Crippen molar-refractivity contribution < 1.29 is 33.6 Å². The lowest BCUT2D eigenvalue weighted by molar-refractivity contribution is -0.106. The number of nitrogen functional groups attached to an aromatic ring is 1. The van der Waals surface area contributed by atoms with Gasteiger partial charge in [0.15, 0.2) is 6.23 Å². The highest BCUT2D eigenvalue weighted by atomic mass is 16.6. The number of aliphatic hydroxyl groups excluding tert-OH is 1. The van der Waals surface area contributed by atoms with E-state index in [1.54, 1.807) is 44.6 Å². The molecule has 11 heteroatoms. The number of hydrogen-bond donors (Lipinski definition) is 2. The molecular formula is C38H37N3O8. The van der Waals surface area contributed by atoms with Crippen molar-refractivity contribution in [3.05, 3.63) is 154 Å². The van der Waals surface area contributed by atoms with Gasteiger partial charge in [0.2, 0.25) is 0 Å². The van der Waals surface area contributed by atoms with Crippen LogP contribution in [0.25, 0.3) is 0 Å². The van der Waals surface area contributed by atoms with Crippen LogP contribution < -0.4 is 20.9 Å². The lowest BCUT2D eigenvalue weighted by Crippen LogP contribution is -2.54. The van der Waals surface area contributed by atoms with Crippen LogP contribution in [0.3, 0.4) is 0 Å². The molecule has 1 saturated heterocycles. The number of ether oxygens (including phenoxy) is 5. The molecule has 49 heavy (non-hydrogen) atoms. The summed E-state index contributed by atoms with van der Waals surface area (Å²) in [6, 6.07) is 34.4. The Morgan fingerprint density at radius 2 is 1.35 bits per heavy atom. The number of anilines is 1. The fourth-order valence-electron chi connectivity index (χ4n) is 6.59. The highest BCUT2D eigenvalue weighted by molar-refractivity contribution is 5.89. The van der Waals surface area contributed by atoms with Crippen molar-refractivity contribution >= 4 is 11.8 Å². The first-order valence-electron chi connectivity index (χ1n) is 15.6. The second-order valence-electron chi connectivity index (χ2n) is 11.5. The van der Waals surface area contributed by atoms with Crippen molar-refractivity contribution in [2.45, 2.75) is 36.1 Å². The fraction of sp³-hybridized carbons (Fsp3) is 0.237. The quantitative estimate of drug-likeness (QED) is 0.154. The smallest absolute Gasteiger partial charge is 0.351 e. The van der Waals surface area contributed by atoms with E-state index in [4.69, 9.17) is 29.4 Å². The van der Waals surface area contributed by atoms with Crippen LogP contribution in [0.4, 0.5) is 5.82 Å². The zero-order chi connectivity index (χ0) is 34.5. The topological polar surface area (TPSA) is 144 Å². The van der Waals surface area contributed by atoms with Crippen molar-refractivity contribution in [2.24, 2.45) is 0 Å². The Bertz CT molecular complexity index is 1870. The summed E-state index contributed by atoms with van der Waals surface area (Å²) < 4.78 is 31.2. The molecule has 0 amide bonds. The number of benzene rings is 4. The summed E-state index contributed by atoms with van der Waals surface area (Å²) in [4.78, 5) is 31.1. The second-order valence-corrected chi connectivity index (χ2v) is 11.5. The number of nitrogens with two attached hydrogens (primary N) is 1. The van der Waals surface area contributed by atoms with E-state index in [0.717, 1.165) is 5.56 Å². The number of nitrogens with zero attached hydrogens (tertiary/aromatic N) is 2. The molecule has 1 aliphatic heterocycles. The molecule has 0 spiro atoms. The molecule has 6 rings (SSSR count). The van der Waals surface area contributed by atoms with Crippen LogP contribution in [0.2, 0.25) is 0 Å². The minimum Gasteiger partial charge on any atom is -0.497 e. The summed E-state index contributed by atoms with van der Waals surface area (Å²) in [5, 5.41) is 12.1. The summed E-state index contributed by atoms with van der Waals surface area (Å²) in [5.74, 6) is 0.616. The predicted molar refractivity (Wildman–Crippen MR) is 182 cm³/mol. The average molecular weight is 664 g/mol. The number of aromatic nitrogens is 2. The first-order valence-corrected chi connectivity index (χ1v) is 15.6. The molecule has 1 unspecified atom stereocenters. The summed E-state index contributed by atoms with van der Waals surface area (Å²) in [6.07, 6.45) is -4.70. The van der Waals surface area contributed by atoms with Gasteiger partial charge in [0, 0.05) is 13.3 Å². The number of methoxy groups -OCH3 is 3. The van der Waals surface area contributed by atoms with E-state index in [2.05, 4.69) is 4.98 Å². The minimum absolute atomic E-state index is 0.0297. The molecular weight excluding hydrogens is 626 g/mol. The van der Waals surface area contributed by atoms with Gasteiger partial charge in [-0.05, 0) is 59.2 Å². The van der Waals surface area contributed by atoms with Crippen molar-refractivity contribution in [3.8, 4) is 11.5 Å². The molecule has 0 radical (unpaired) electrons. The Hall–Kier alpha value is -5.49. The standard InChI is InChI=1S/C38H37N3O8/c1-45-28-18-14-26(15-19-28)38(25-12-8-5-9-13-25,27-16-20-29(46-2)21-17-27)34(49-36(43)24-10-6-4-7-11-24)32-31(42)33(47-3)35(48-32)41-23-22-30(39)40-37(41)44/h4-23,31-35,42H,1-3H3,(H2,39,40,44)/t31-,32+,33-,34?,35-/m1/s1. The van der Waals surface area contributed by atoms with Gasteiger partial charge in [0.05, 0.1) is 25.2 Å². The van der Waals surface area contributed by atoms with Gasteiger partial charge in [-0.1, -0.05) is 72.8 Å². The van der Waals surface area contributed by atoms with Crippen molar-refractivity contribution in [2.75, 3.05) is 27.1 Å². The molecule has 3 N–H and O–H groups in total. The van der Waals surface area contributed by atoms with Gasteiger partial charge in [-0.3, -0.25) is 4.57 Å². The van der Waals surface area contributed by atoms with E-state index in [1.165, 1.54) is 23.9 Å². The molecule has 5 aromatic rings. The van der Waals surface area contributed by atoms with E-state index >= 15 is 0 Å². The number of aliphatic hydroxyl groups is 1. The van der Waals surface area contributed by atoms with Crippen LogP contribution in [-0.2, 0) is 19.6 Å². The average Bonchev–Trinajstić information content (AvgIpc) is 3.47. The lowest BCUT2D eigenvalue weighted by Gasteiger charge is -2.44. The van der Waals surface area contributed by atoms with Gasteiger partial charge in [0.25, 0.3) is 0 Å². The molecule has 1 fully saturated rings. The number of esters is 1. The molecule has 0 saturated carbocycles. The molecule has 0 bridgehead atoms. The zero-order valence-corrected chi connectivity index (χ0v) is 27.2. The zero-order valence-electron chi connectivity index (χ0n) is 27.2. The van der Waals surface area contributed by atoms with E-state index in [0.29, 0.717) is 28.2 Å². The maximum Gasteiger partial charge on any atom is 0.351 e. The molecule has 1 aliphatic rings. The third kappa shape index (κ3) is 6.27. The monoisotopic (exact) mass is 663 g/mol. The molecule has 1 aromatic heterocycles. The van der Waals surface area contributed by atoms with Gasteiger partial charge in [-0.2, -0.15) is 4.98 Å². The van der Waals surface area contributed by atoms with Crippen LogP contribution in [0, 0.1) is 0 Å². The Kier molecular flexibility index (Phi) is 9.77. The van der Waals surface area contributed by atoms with Gasteiger partial charge >= 0.3 is 11.7 Å². The Morgan fingerprint density at radius 1 is 0.816 bits per heavy atom. The third-order valence-corrected chi connectivity index (χ3v) is 8.94. The first kappa shape index (κ1) is 33.4. The number of hydrogen-bond acceptors (Lipinski definition) is 10. The molecule has 2 heterocycles. The summed E-state index contributed by atoms with van der Waals surface area (Å²) >= 11 is 0. The lowest BCUT2D eigenvalue weighted by atomic mass is 9.63. The normalized spacial score (nSPS) is 19.6. The summed E-state index contributed by atoms with van der Waals surface area (Å²) in [5.41, 5.74) is 6.19. The number of carbonyl (C=O) groups is 1. The fourth-order valence-corrected chi connectivity index (χ4v) is 6.59. The van der Waals surface area contributed by atoms with Crippen LogP contribution in [0.5, 0.6) is 11.5 Å². The highest BCUT2D eigenvalue weighted by Crippen LogP contribution is 2.49. The molecule has 0 aliphatic carbocycles. The van der Waals surface area contributed by atoms with Crippen molar-refractivity contribution in [3.63, 3.8) is 0 Å². The first-order chi connectivity index (χ1) is 23.8. The molecule has 4 aromatic carbocycles. The maximum atomic E-state index is 14.1. The van der Waals surface area contributed by atoms with E-state index in [9.17, 15) is 14.7 Å². The Balaban J connectivity index is 1.64. The highest BCUT2D eigenvalue weighted by Gasteiger charge is 2.58. The largest absolute Gasteiger partial charge is 0.497 e. The van der Waals surface area contributed by atoms with Crippen LogP contribution in [0.1, 0.15) is 33.3 Å².